The first-order chi connectivity index (χ1) is 12.0. The lowest BCUT2D eigenvalue weighted by Crippen LogP contribution is -2.07. The van der Waals surface area contributed by atoms with E-state index in [2.05, 4.69) is 106 Å². The predicted molar refractivity (Wildman–Crippen MR) is 109 cm³/mol. The minimum Gasteiger partial charge on any atom is -0.355 e. The summed E-state index contributed by atoms with van der Waals surface area (Å²) in [5.74, 6) is 0.887. The Bertz CT molecular complexity index is 815. The van der Waals surface area contributed by atoms with Crippen LogP contribution in [0.3, 0.4) is 0 Å². The zero-order chi connectivity index (χ0) is 17.8. The molecule has 0 fully saturated rings. The van der Waals surface area contributed by atoms with Gasteiger partial charge < -0.3 is 5.32 Å². The highest BCUT2D eigenvalue weighted by atomic mass is 14.9. The van der Waals surface area contributed by atoms with Gasteiger partial charge in [-0.25, -0.2) is 0 Å². The molecule has 0 radical (unpaired) electrons. The molecule has 0 saturated heterocycles. The first-order valence-electron chi connectivity index (χ1n) is 9.04. The summed E-state index contributed by atoms with van der Waals surface area (Å²) < 4.78 is 0. The minimum atomic E-state index is 0.428. The summed E-state index contributed by atoms with van der Waals surface area (Å²) in [5, 5.41) is 3.60. The molecule has 0 aliphatic heterocycles. The van der Waals surface area contributed by atoms with Gasteiger partial charge in [-0.15, -0.1) is 0 Å². The number of anilines is 2. The van der Waals surface area contributed by atoms with Crippen LogP contribution < -0.4 is 5.32 Å². The van der Waals surface area contributed by atoms with Crippen molar-refractivity contribution in [1.29, 1.82) is 0 Å². The molecule has 0 amide bonds. The molecule has 0 aromatic heterocycles. The maximum absolute atomic E-state index is 3.60. The highest BCUT2D eigenvalue weighted by molar-refractivity contribution is 5.64. The molecule has 0 spiro atoms. The second kappa shape index (κ2) is 7.57. The molecule has 128 valence electrons. The normalized spacial score (nSPS) is 13.3. The van der Waals surface area contributed by atoms with Crippen LogP contribution in [-0.2, 0) is 0 Å². The molecule has 2 unspecified atom stereocenters. The van der Waals surface area contributed by atoms with Crippen LogP contribution in [-0.4, -0.2) is 0 Å². The Morgan fingerprint density at radius 1 is 0.640 bits per heavy atom. The summed E-state index contributed by atoms with van der Waals surface area (Å²) in [4.78, 5) is 0. The van der Waals surface area contributed by atoms with E-state index < -0.39 is 0 Å². The maximum Gasteiger partial charge on any atom is 0.0419 e. The molecule has 1 N–H and O–H groups in total. The van der Waals surface area contributed by atoms with Gasteiger partial charge in [-0.2, -0.15) is 0 Å². The Kier molecular flexibility index (Phi) is 5.23. The lowest BCUT2D eigenvalue weighted by atomic mass is 9.83. The molecule has 0 aliphatic carbocycles. The second-order valence-corrected chi connectivity index (χ2v) is 7.07. The highest BCUT2D eigenvalue weighted by Crippen LogP contribution is 2.37. The van der Waals surface area contributed by atoms with Gasteiger partial charge in [0.2, 0.25) is 0 Å². The van der Waals surface area contributed by atoms with Crippen LogP contribution >= 0.6 is 0 Å². The Balaban J connectivity index is 1.86. The zero-order valence-electron chi connectivity index (χ0n) is 15.6. The van der Waals surface area contributed by atoms with E-state index in [1.165, 1.54) is 27.9 Å². The standard InChI is InChI=1S/C24H27N/c1-17-9-13-21(14-10-17)19(3)20(4)23-7-5-6-8-24(23)25-22-15-11-18(2)12-16-22/h5-16,19-20,25H,1-4H3. The fraction of sp³-hybridized carbons (Fsp3) is 0.250. The number of hydrogen-bond donors (Lipinski definition) is 1. The van der Waals surface area contributed by atoms with Crippen molar-refractivity contribution in [3.63, 3.8) is 0 Å². The summed E-state index contributed by atoms with van der Waals surface area (Å²) in [5.41, 5.74) is 7.66. The van der Waals surface area contributed by atoms with Gasteiger partial charge in [-0.3, -0.25) is 0 Å². The van der Waals surface area contributed by atoms with Crippen LogP contribution in [0.1, 0.15) is 47.9 Å². The third-order valence-corrected chi connectivity index (χ3v) is 5.14. The van der Waals surface area contributed by atoms with Crippen LogP contribution in [0.15, 0.2) is 72.8 Å². The molecule has 3 aromatic carbocycles. The Morgan fingerprint density at radius 2 is 1.20 bits per heavy atom. The summed E-state index contributed by atoms with van der Waals surface area (Å²) in [6.07, 6.45) is 0. The van der Waals surface area contributed by atoms with Gasteiger partial charge in [-0.05, 0) is 55.0 Å². The van der Waals surface area contributed by atoms with E-state index in [-0.39, 0.29) is 0 Å². The van der Waals surface area contributed by atoms with E-state index in [1.54, 1.807) is 0 Å². The van der Waals surface area contributed by atoms with E-state index in [1.807, 2.05) is 0 Å². The Labute approximate surface area is 151 Å². The van der Waals surface area contributed by atoms with Gasteiger partial charge in [0.15, 0.2) is 0 Å². The fourth-order valence-electron chi connectivity index (χ4n) is 3.23. The molecule has 25 heavy (non-hydrogen) atoms. The number of hydrogen-bond acceptors (Lipinski definition) is 1. The second-order valence-electron chi connectivity index (χ2n) is 7.07. The van der Waals surface area contributed by atoms with Gasteiger partial charge in [0, 0.05) is 11.4 Å². The lowest BCUT2D eigenvalue weighted by molar-refractivity contribution is 0.625. The molecule has 2 atom stereocenters. The van der Waals surface area contributed by atoms with Gasteiger partial charge in [-0.1, -0.05) is 79.6 Å². The van der Waals surface area contributed by atoms with Crippen LogP contribution in [0.4, 0.5) is 11.4 Å². The smallest absolute Gasteiger partial charge is 0.0419 e. The lowest BCUT2D eigenvalue weighted by Gasteiger charge is -2.24. The average Bonchev–Trinajstić information content (AvgIpc) is 2.63. The first kappa shape index (κ1) is 17.3. The molecule has 0 bridgehead atoms. The molecular formula is C24H27N. The van der Waals surface area contributed by atoms with Crippen molar-refractivity contribution in [2.24, 2.45) is 0 Å². The van der Waals surface area contributed by atoms with Crippen molar-refractivity contribution in [3.8, 4) is 0 Å². The fourth-order valence-corrected chi connectivity index (χ4v) is 3.23. The monoisotopic (exact) mass is 329 g/mol. The zero-order valence-corrected chi connectivity index (χ0v) is 15.6. The largest absolute Gasteiger partial charge is 0.355 e. The van der Waals surface area contributed by atoms with Crippen molar-refractivity contribution < 1.29 is 0 Å². The molecule has 3 rings (SSSR count). The van der Waals surface area contributed by atoms with Crippen LogP contribution in [0.2, 0.25) is 0 Å². The van der Waals surface area contributed by atoms with Crippen molar-refractivity contribution in [3.05, 3.63) is 95.1 Å². The van der Waals surface area contributed by atoms with E-state index in [0.717, 1.165) is 5.69 Å². The molecule has 1 nitrogen and oxygen atoms in total. The minimum absolute atomic E-state index is 0.428. The van der Waals surface area contributed by atoms with Crippen LogP contribution in [0, 0.1) is 13.8 Å². The third kappa shape index (κ3) is 4.11. The number of para-hydroxylation sites is 1. The third-order valence-electron chi connectivity index (χ3n) is 5.14. The molecule has 1 heteroatoms. The summed E-state index contributed by atoms with van der Waals surface area (Å²) in [7, 11) is 0. The van der Waals surface area contributed by atoms with Gasteiger partial charge in [0.05, 0.1) is 0 Å². The van der Waals surface area contributed by atoms with E-state index in [0.29, 0.717) is 11.8 Å². The molecule has 3 aromatic rings. The van der Waals surface area contributed by atoms with Crippen LogP contribution in [0.25, 0.3) is 0 Å². The summed E-state index contributed by atoms with van der Waals surface area (Å²) >= 11 is 0. The Morgan fingerprint density at radius 3 is 1.84 bits per heavy atom. The maximum atomic E-state index is 3.60. The summed E-state index contributed by atoms with van der Waals surface area (Å²) in [6.45, 7) is 8.89. The topological polar surface area (TPSA) is 12.0 Å². The van der Waals surface area contributed by atoms with Crippen molar-refractivity contribution >= 4 is 11.4 Å². The quantitative estimate of drug-likeness (QED) is 0.534. The average molecular weight is 329 g/mol. The Hall–Kier alpha value is -2.54. The number of benzene rings is 3. The molecule has 0 saturated carbocycles. The predicted octanol–water partition coefficient (Wildman–Crippen LogP) is 6.95. The van der Waals surface area contributed by atoms with Gasteiger partial charge in [0.25, 0.3) is 0 Å². The number of rotatable bonds is 5. The van der Waals surface area contributed by atoms with E-state index in [4.69, 9.17) is 0 Å². The SMILES string of the molecule is Cc1ccc(Nc2ccccc2C(C)C(C)c2ccc(C)cc2)cc1. The molecular weight excluding hydrogens is 302 g/mol. The van der Waals surface area contributed by atoms with Gasteiger partial charge >= 0.3 is 0 Å². The molecule has 0 heterocycles. The van der Waals surface area contributed by atoms with Crippen molar-refractivity contribution in [1.82, 2.24) is 0 Å². The van der Waals surface area contributed by atoms with Crippen molar-refractivity contribution in [2.75, 3.05) is 5.32 Å². The van der Waals surface area contributed by atoms with Crippen LogP contribution in [0.5, 0.6) is 0 Å². The van der Waals surface area contributed by atoms with E-state index >= 15 is 0 Å². The van der Waals surface area contributed by atoms with Gasteiger partial charge in [0.1, 0.15) is 0 Å². The number of aryl methyl sites for hydroxylation is 2. The molecule has 0 aliphatic rings. The van der Waals surface area contributed by atoms with E-state index in [9.17, 15) is 0 Å². The summed E-state index contributed by atoms with van der Waals surface area (Å²) in [6, 6.07) is 26.1. The highest BCUT2D eigenvalue weighted by Gasteiger charge is 2.19. The first-order valence-corrected chi connectivity index (χ1v) is 9.04. The number of nitrogens with one attached hydrogen (secondary N) is 1. The van der Waals surface area contributed by atoms with Crippen molar-refractivity contribution in [2.45, 2.75) is 39.5 Å².